The van der Waals surface area contributed by atoms with Crippen molar-refractivity contribution in [1.82, 2.24) is 0 Å². The molecule has 0 radical (unpaired) electrons. The summed E-state index contributed by atoms with van der Waals surface area (Å²) in [5.41, 5.74) is 3.69. The van der Waals surface area contributed by atoms with E-state index in [0.29, 0.717) is 12.5 Å². The lowest BCUT2D eigenvalue weighted by Crippen LogP contribution is -2.48. The highest BCUT2D eigenvalue weighted by Crippen LogP contribution is 2.61. The van der Waals surface area contributed by atoms with Crippen LogP contribution in [-0.2, 0) is 4.74 Å². The Morgan fingerprint density at radius 2 is 2.15 bits per heavy atom. The Morgan fingerprint density at radius 3 is 2.85 bits per heavy atom. The quantitative estimate of drug-likeness (QED) is 0.766. The van der Waals surface area contributed by atoms with Crippen molar-refractivity contribution in [2.24, 2.45) is 16.7 Å². The van der Waals surface area contributed by atoms with Crippen LogP contribution < -0.4 is 0 Å². The molecule has 1 fully saturated rings. The van der Waals surface area contributed by atoms with Crippen LogP contribution in [0.2, 0.25) is 0 Å². The molecule has 1 saturated carbocycles. The van der Waals surface area contributed by atoms with Crippen LogP contribution in [0.1, 0.15) is 58.8 Å². The second-order valence-corrected chi connectivity index (χ2v) is 7.51. The summed E-state index contributed by atoms with van der Waals surface area (Å²) >= 11 is 0. The fourth-order valence-corrected chi connectivity index (χ4v) is 5.26. The predicted molar refractivity (Wildman–Crippen MR) is 81.2 cm³/mol. The molecule has 0 spiro atoms. The number of hydrogen-bond acceptors (Lipinski definition) is 2. The van der Waals surface area contributed by atoms with Crippen LogP contribution in [-0.4, -0.2) is 18.8 Å². The Hall–Kier alpha value is -0.760. The van der Waals surface area contributed by atoms with Gasteiger partial charge in [0.15, 0.2) is 0 Å². The van der Waals surface area contributed by atoms with Crippen LogP contribution in [0.3, 0.4) is 0 Å². The first-order chi connectivity index (χ1) is 9.53. The minimum Gasteiger partial charge on any atom is -0.501 e. The van der Waals surface area contributed by atoms with Gasteiger partial charge in [0.2, 0.25) is 0 Å². The molecule has 2 heteroatoms. The highest BCUT2D eigenvalue weighted by molar-refractivity contribution is 5.35. The van der Waals surface area contributed by atoms with E-state index in [1.807, 2.05) is 0 Å². The van der Waals surface area contributed by atoms with Gasteiger partial charge in [0.05, 0.1) is 12.9 Å². The minimum atomic E-state index is 0.111. The molecule has 3 aliphatic carbocycles. The molecule has 0 aromatic carbocycles. The molecule has 3 rings (SSSR count). The van der Waals surface area contributed by atoms with Crippen molar-refractivity contribution in [3.8, 4) is 0 Å². The van der Waals surface area contributed by atoms with Crippen molar-refractivity contribution in [3.63, 3.8) is 0 Å². The number of fused-ring (bicyclic) bond motifs is 2. The van der Waals surface area contributed by atoms with Gasteiger partial charge >= 0.3 is 0 Å². The summed E-state index contributed by atoms with van der Waals surface area (Å²) < 4.78 is 5.52. The van der Waals surface area contributed by atoms with Crippen molar-refractivity contribution in [2.75, 3.05) is 13.7 Å². The Morgan fingerprint density at radius 1 is 1.35 bits per heavy atom. The van der Waals surface area contributed by atoms with Crippen LogP contribution in [0.15, 0.2) is 23.0 Å². The van der Waals surface area contributed by atoms with E-state index in [-0.39, 0.29) is 10.8 Å². The minimum absolute atomic E-state index is 0.111. The zero-order chi connectivity index (χ0) is 14.4. The monoisotopic (exact) mass is 276 g/mol. The van der Waals surface area contributed by atoms with Crippen LogP contribution in [0.25, 0.3) is 0 Å². The molecular formula is C18H28O2. The highest BCUT2D eigenvalue weighted by atomic mass is 16.5. The lowest BCUT2D eigenvalue weighted by Gasteiger charge is -2.56. The van der Waals surface area contributed by atoms with Crippen molar-refractivity contribution < 1.29 is 9.84 Å². The lowest BCUT2D eigenvalue weighted by molar-refractivity contribution is -0.0395. The van der Waals surface area contributed by atoms with E-state index in [1.165, 1.54) is 32.1 Å². The molecule has 0 saturated heterocycles. The molecule has 2 nitrogen and oxygen atoms in total. The first-order valence-corrected chi connectivity index (χ1v) is 8.09. The average molecular weight is 276 g/mol. The normalized spacial score (nSPS) is 40.8. The summed E-state index contributed by atoms with van der Waals surface area (Å²) in [6.07, 6.45) is 10.5. The van der Waals surface area contributed by atoms with Gasteiger partial charge in [-0.2, -0.15) is 0 Å². The summed E-state index contributed by atoms with van der Waals surface area (Å²) in [7, 11) is 1.79. The van der Waals surface area contributed by atoms with Gasteiger partial charge in [0, 0.05) is 13.0 Å². The average Bonchev–Trinajstić information content (AvgIpc) is 2.46. The first-order valence-electron chi connectivity index (χ1n) is 8.09. The molecule has 1 N–H and O–H groups in total. The highest BCUT2D eigenvalue weighted by Gasteiger charge is 2.52. The van der Waals surface area contributed by atoms with Crippen molar-refractivity contribution in [3.05, 3.63) is 23.0 Å². The number of hydrogen-bond donors (Lipinski definition) is 1. The third-order valence-electron chi connectivity index (χ3n) is 6.46. The number of rotatable bonds is 2. The van der Waals surface area contributed by atoms with E-state index in [1.54, 1.807) is 18.3 Å². The van der Waals surface area contributed by atoms with E-state index in [9.17, 15) is 5.11 Å². The van der Waals surface area contributed by atoms with Gasteiger partial charge in [0.1, 0.15) is 0 Å². The first kappa shape index (κ1) is 14.2. The van der Waals surface area contributed by atoms with Crippen LogP contribution in [0.5, 0.6) is 0 Å². The number of aliphatic hydroxyl groups is 1. The van der Waals surface area contributed by atoms with E-state index in [4.69, 9.17) is 4.74 Å². The van der Waals surface area contributed by atoms with Crippen molar-refractivity contribution in [2.45, 2.75) is 58.8 Å². The van der Waals surface area contributed by atoms with Crippen LogP contribution >= 0.6 is 0 Å². The zero-order valence-electron chi connectivity index (χ0n) is 13.2. The Labute approximate surface area is 122 Å². The topological polar surface area (TPSA) is 29.5 Å². The molecule has 20 heavy (non-hydrogen) atoms. The predicted octanol–water partition coefficient (Wildman–Crippen LogP) is 4.21. The van der Waals surface area contributed by atoms with Gasteiger partial charge in [-0.3, -0.25) is 0 Å². The second kappa shape index (κ2) is 4.91. The molecule has 0 aromatic rings. The van der Waals surface area contributed by atoms with Gasteiger partial charge in [0.25, 0.3) is 0 Å². The zero-order valence-corrected chi connectivity index (χ0v) is 13.2. The lowest BCUT2D eigenvalue weighted by atomic mass is 9.49. The maximum Gasteiger partial charge on any atom is 0.0959 e. The number of ether oxygens (including phenoxy) is 1. The maximum atomic E-state index is 9.95. The van der Waals surface area contributed by atoms with E-state index < -0.39 is 0 Å². The van der Waals surface area contributed by atoms with Gasteiger partial charge in [-0.1, -0.05) is 31.4 Å². The van der Waals surface area contributed by atoms with Gasteiger partial charge in [-0.25, -0.2) is 0 Å². The Kier molecular flexibility index (Phi) is 3.48. The molecular weight excluding hydrogens is 248 g/mol. The third-order valence-corrected chi connectivity index (χ3v) is 6.46. The largest absolute Gasteiger partial charge is 0.501 e. The van der Waals surface area contributed by atoms with Crippen LogP contribution in [0.4, 0.5) is 0 Å². The van der Waals surface area contributed by atoms with E-state index in [2.05, 4.69) is 19.9 Å². The Balaban J connectivity index is 1.97. The molecule has 0 bridgehead atoms. The molecule has 3 aliphatic rings. The number of aliphatic hydroxyl groups excluding tert-OH is 1. The molecule has 0 unspecified atom stereocenters. The smallest absolute Gasteiger partial charge is 0.0959 e. The summed E-state index contributed by atoms with van der Waals surface area (Å²) in [4.78, 5) is 0. The summed E-state index contributed by atoms with van der Waals surface area (Å²) in [6, 6.07) is 0. The van der Waals surface area contributed by atoms with Gasteiger partial charge < -0.3 is 9.84 Å². The summed E-state index contributed by atoms with van der Waals surface area (Å²) in [5, 5.41) is 9.95. The van der Waals surface area contributed by atoms with Crippen LogP contribution in [0, 0.1) is 16.7 Å². The number of allylic oxidation sites excluding steroid dienone is 3. The van der Waals surface area contributed by atoms with Crippen molar-refractivity contribution in [1.29, 1.82) is 0 Å². The standard InChI is InChI=1S/C18H28O2/c1-17(12-19)9-4-10-18(2)15-11-14(20-3)7-5-13(15)6-8-16(17)18/h7,16,19H,4-6,8-12H2,1-3H3/t16-,17+,18-/m1/s1. The van der Waals surface area contributed by atoms with E-state index >= 15 is 0 Å². The summed E-state index contributed by atoms with van der Waals surface area (Å²) in [5.74, 6) is 1.77. The number of methoxy groups -OCH3 is 1. The van der Waals surface area contributed by atoms with Crippen molar-refractivity contribution >= 4 is 0 Å². The fraction of sp³-hybridized carbons (Fsp3) is 0.778. The van der Waals surface area contributed by atoms with Gasteiger partial charge in [-0.15, -0.1) is 0 Å². The molecule has 112 valence electrons. The van der Waals surface area contributed by atoms with Gasteiger partial charge in [-0.05, 0) is 54.9 Å². The molecule has 0 aliphatic heterocycles. The summed E-state index contributed by atoms with van der Waals surface area (Å²) in [6.45, 7) is 5.09. The Bertz CT molecular complexity index is 462. The molecule has 3 atom stereocenters. The maximum absolute atomic E-state index is 9.95. The third kappa shape index (κ3) is 1.95. The molecule has 0 amide bonds. The molecule has 0 aromatic heterocycles. The van der Waals surface area contributed by atoms with E-state index in [0.717, 1.165) is 18.6 Å². The molecule has 0 heterocycles. The fourth-order valence-electron chi connectivity index (χ4n) is 5.26. The second-order valence-electron chi connectivity index (χ2n) is 7.51. The SMILES string of the molecule is COC1=CCC2=C(C1)[C@@]1(C)CCC[C@@](C)(CO)[C@H]1CC2.